The summed E-state index contributed by atoms with van der Waals surface area (Å²) in [5.41, 5.74) is 6.90. The van der Waals surface area contributed by atoms with Gasteiger partial charge in [0.15, 0.2) is 0 Å². The number of benzene rings is 1. The SMILES string of the molecule is Nc1ccc(CS(=O)(=O)NCCc2nccs2)cc1. The number of hydrogen-bond acceptors (Lipinski definition) is 5. The van der Waals surface area contributed by atoms with Crippen molar-refractivity contribution in [1.82, 2.24) is 9.71 Å². The van der Waals surface area contributed by atoms with E-state index in [1.807, 2.05) is 5.38 Å². The molecule has 3 N–H and O–H groups in total. The molecule has 0 aliphatic carbocycles. The monoisotopic (exact) mass is 297 g/mol. The second kappa shape index (κ2) is 6.14. The van der Waals surface area contributed by atoms with Crippen LogP contribution in [-0.2, 0) is 22.2 Å². The van der Waals surface area contributed by atoms with Gasteiger partial charge in [-0.3, -0.25) is 0 Å². The van der Waals surface area contributed by atoms with Crippen LogP contribution in [0, 0.1) is 0 Å². The lowest BCUT2D eigenvalue weighted by molar-refractivity contribution is 0.580. The lowest BCUT2D eigenvalue weighted by Gasteiger charge is -2.06. The number of sulfonamides is 1. The van der Waals surface area contributed by atoms with Crippen LogP contribution in [0.5, 0.6) is 0 Å². The van der Waals surface area contributed by atoms with Crippen LogP contribution in [0.2, 0.25) is 0 Å². The highest BCUT2D eigenvalue weighted by molar-refractivity contribution is 7.88. The topological polar surface area (TPSA) is 85.1 Å². The van der Waals surface area contributed by atoms with Gasteiger partial charge in [-0.2, -0.15) is 0 Å². The Kier molecular flexibility index (Phi) is 4.52. The molecular formula is C12H15N3O2S2. The van der Waals surface area contributed by atoms with Gasteiger partial charge in [0.05, 0.1) is 10.8 Å². The Hall–Kier alpha value is -1.44. The quantitative estimate of drug-likeness (QED) is 0.789. The van der Waals surface area contributed by atoms with Gasteiger partial charge in [-0.05, 0) is 17.7 Å². The van der Waals surface area contributed by atoms with Crippen LogP contribution in [0.25, 0.3) is 0 Å². The molecule has 1 heterocycles. The van der Waals surface area contributed by atoms with Crippen LogP contribution < -0.4 is 10.5 Å². The molecule has 102 valence electrons. The Morgan fingerprint density at radius 3 is 2.63 bits per heavy atom. The van der Waals surface area contributed by atoms with Gasteiger partial charge in [0, 0.05) is 30.2 Å². The number of hydrogen-bond donors (Lipinski definition) is 2. The Labute approximate surface area is 116 Å². The molecular weight excluding hydrogens is 282 g/mol. The molecule has 0 atom stereocenters. The third kappa shape index (κ3) is 4.62. The van der Waals surface area contributed by atoms with E-state index in [-0.39, 0.29) is 5.75 Å². The fraction of sp³-hybridized carbons (Fsp3) is 0.250. The van der Waals surface area contributed by atoms with Crippen molar-refractivity contribution in [3.05, 3.63) is 46.4 Å². The largest absolute Gasteiger partial charge is 0.399 e. The molecule has 0 saturated heterocycles. The van der Waals surface area contributed by atoms with Crippen molar-refractivity contribution in [2.24, 2.45) is 0 Å². The third-order valence-corrected chi connectivity index (χ3v) is 4.68. The second-order valence-corrected chi connectivity index (χ2v) is 6.86. The molecule has 7 heteroatoms. The normalized spacial score (nSPS) is 11.6. The molecule has 0 aliphatic rings. The molecule has 5 nitrogen and oxygen atoms in total. The number of thiazole rings is 1. The molecule has 2 aromatic rings. The summed E-state index contributed by atoms with van der Waals surface area (Å²) >= 11 is 1.52. The smallest absolute Gasteiger partial charge is 0.215 e. The Morgan fingerprint density at radius 2 is 2.00 bits per heavy atom. The van der Waals surface area contributed by atoms with E-state index in [4.69, 9.17) is 5.73 Å². The fourth-order valence-corrected chi connectivity index (χ4v) is 3.34. The van der Waals surface area contributed by atoms with Gasteiger partial charge < -0.3 is 5.73 Å². The highest BCUT2D eigenvalue weighted by Crippen LogP contribution is 2.09. The van der Waals surface area contributed by atoms with Crippen molar-refractivity contribution in [2.45, 2.75) is 12.2 Å². The van der Waals surface area contributed by atoms with Crippen LogP contribution in [0.3, 0.4) is 0 Å². The van der Waals surface area contributed by atoms with E-state index in [2.05, 4.69) is 9.71 Å². The molecule has 0 spiro atoms. The molecule has 0 aliphatic heterocycles. The molecule has 0 amide bonds. The fourth-order valence-electron chi connectivity index (χ4n) is 1.57. The zero-order chi connectivity index (χ0) is 13.7. The van der Waals surface area contributed by atoms with Gasteiger partial charge in [0.1, 0.15) is 0 Å². The van der Waals surface area contributed by atoms with Crippen LogP contribution in [-0.4, -0.2) is 19.9 Å². The third-order valence-electron chi connectivity index (χ3n) is 2.48. The van der Waals surface area contributed by atoms with E-state index in [1.165, 1.54) is 11.3 Å². The van der Waals surface area contributed by atoms with Crippen molar-refractivity contribution in [3.63, 3.8) is 0 Å². The van der Waals surface area contributed by atoms with Crippen LogP contribution in [0.15, 0.2) is 35.8 Å². The van der Waals surface area contributed by atoms with Crippen molar-refractivity contribution >= 4 is 27.0 Å². The second-order valence-electron chi connectivity index (χ2n) is 4.07. The summed E-state index contributed by atoms with van der Waals surface area (Å²) in [5, 5.41) is 2.80. The summed E-state index contributed by atoms with van der Waals surface area (Å²) in [6.45, 7) is 0.366. The van der Waals surface area contributed by atoms with E-state index < -0.39 is 10.0 Å². The van der Waals surface area contributed by atoms with Crippen LogP contribution in [0.4, 0.5) is 5.69 Å². The first-order valence-corrected chi connectivity index (χ1v) is 8.28. The van der Waals surface area contributed by atoms with Crippen LogP contribution >= 0.6 is 11.3 Å². The standard InChI is InChI=1S/C12H15N3O2S2/c13-11-3-1-10(2-4-11)9-19(16,17)15-6-5-12-14-7-8-18-12/h1-4,7-8,15H,5-6,9,13H2. The van der Waals surface area contributed by atoms with Gasteiger partial charge in [-0.15, -0.1) is 11.3 Å². The summed E-state index contributed by atoms with van der Waals surface area (Å²) in [6, 6.07) is 6.83. The first-order chi connectivity index (χ1) is 9.05. The first-order valence-electron chi connectivity index (χ1n) is 5.75. The average molecular weight is 297 g/mol. The number of nitrogens with zero attached hydrogens (tertiary/aromatic N) is 1. The van der Waals surface area contributed by atoms with Gasteiger partial charge >= 0.3 is 0 Å². The first kappa shape index (κ1) is 14.0. The zero-order valence-corrected chi connectivity index (χ0v) is 11.9. The lowest BCUT2D eigenvalue weighted by Crippen LogP contribution is -2.27. The number of rotatable bonds is 6. The molecule has 0 saturated carbocycles. The molecule has 19 heavy (non-hydrogen) atoms. The summed E-state index contributed by atoms with van der Waals surface area (Å²) in [5.74, 6) is -0.0366. The zero-order valence-electron chi connectivity index (χ0n) is 10.2. The maximum Gasteiger partial charge on any atom is 0.215 e. The molecule has 0 radical (unpaired) electrons. The minimum atomic E-state index is -3.31. The van der Waals surface area contributed by atoms with E-state index >= 15 is 0 Å². The van der Waals surface area contributed by atoms with E-state index in [1.54, 1.807) is 30.5 Å². The highest BCUT2D eigenvalue weighted by Gasteiger charge is 2.11. The highest BCUT2D eigenvalue weighted by atomic mass is 32.2. The van der Waals surface area contributed by atoms with E-state index in [0.29, 0.717) is 18.7 Å². The van der Waals surface area contributed by atoms with Crippen molar-refractivity contribution in [2.75, 3.05) is 12.3 Å². The average Bonchev–Trinajstić information content (AvgIpc) is 2.85. The number of nitrogens with two attached hydrogens (primary N) is 1. The molecule has 2 rings (SSSR count). The van der Waals surface area contributed by atoms with Gasteiger partial charge in [-0.25, -0.2) is 18.1 Å². The summed E-state index contributed by atoms with van der Waals surface area (Å²) in [4.78, 5) is 4.10. The minimum Gasteiger partial charge on any atom is -0.399 e. The van der Waals surface area contributed by atoms with Crippen molar-refractivity contribution < 1.29 is 8.42 Å². The predicted octanol–water partition coefficient (Wildman–Crippen LogP) is 1.39. The summed E-state index contributed by atoms with van der Waals surface area (Å²) in [7, 11) is -3.31. The summed E-state index contributed by atoms with van der Waals surface area (Å²) in [6.07, 6.45) is 2.32. The van der Waals surface area contributed by atoms with Gasteiger partial charge in [0.25, 0.3) is 0 Å². The summed E-state index contributed by atoms with van der Waals surface area (Å²) < 4.78 is 26.3. The number of aromatic nitrogens is 1. The lowest BCUT2D eigenvalue weighted by atomic mass is 10.2. The van der Waals surface area contributed by atoms with Crippen molar-refractivity contribution in [3.8, 4) is 0 Å². The molecule has 0 fully saturated rings. The van der Waals surface area contributed by atoms with Gasteiger partial charge in [-0.1, -0.05) is 12.1 Å². The Balaban J connectivity index is 1.86. The molecule has 1 aromatic carbocycles. The predicted molar refractivity (Wildman–Crippen MR) is 77.3 cm³/mol. The maximum absolute atomic E-state index is 11.9. The number of nitrogens with one attached hydrogen (secondary N) is 1. The van der Waals surface area contributed by atoms with Crippen molar-refractivity contribution in [1.29, 1.82) is 0 Å². The number of nitrogen functional groups attached to an aromatic ring is 1. The Morgan fingerprint density at radius 1 is 1.26 bits per heavy atom. The molecule has 1 aromatic heterocycles. The van der Waals surface area contributed by atoms with Crippen LogP contribution in [0.1, 0.15) is 10.6 Å². The molecule has 0 unspecified atom stereocenters. The minimum absolute atomic E-state index is 0.0366. The maximum atomic E-state index is 11.9. The van der Waals surface area contributed by atoms with E-state index in [0.717, 1.165) is 10.6 Å². The van der Waals surface area contributed by atoms with E-state index in [9.17, 15) is 8.42 Å². The number of anilines is 1. The Bertz CT molecular complexity index is 607. The van der Waals surface area contributed by atoms with Gasteiger partial charge in [0.2, 0.25) is 10.0 Å². The molecule has 0 bridgehead atoms.